The third-order valence-electron chi connectivity index (χ3n) is 3.47. The largest absolute Gasteiger partial charge is 0.491 e. The van der Waals surface area contributed by atoms with Crippen molar-refractivity contribution in [3.8, 4) is 5.75 Å². The van der Waals surface area contributed by atoms with E-state index in [9.17, 15) is 14.9 Å². The first kappa shape index (κ1) is 20.9. The quantitative estimate of drug-likeness (QED) is 0.218. The standard InChI is InChI=1S/C20H23N3O5/c1-15(2)28-18-6-3-5-16(13-18)7-10-20(24)27-12-4-11-21-19-9-8-17(14-22-19)23(25)26/h3,5-10,13-15H,4,11-12H2,1-2H3,(H,21,22)/b10-7+. The topological polar surface area (TPSA) is 104 Å². The van der Waals surface area contributed by atoms with Gasteiger partial charge in [-0.25, -0.2) is 9.78 Å². The van der Waals surface area contributed by atoms with Gasteiger partial charge in [0.25, 0.3) is 5.69 Å². The predicted octanol–water partition coefficient (Wildman–Crippen LogP) is 3.84. The molecule has 2 rings (SSSR count). The summed E-state index contributed by atoms with van der Waals surface area (Å²) in [7, 11) is 0. The van der Waals surface area contributed by atoms with Gasteiger partial charge in [-0.1, -0.05) is 12.1 Å². The number of ether oxygens (including phenoxy) is 2. The minimum absolute atomic E-state index is 0.0624. The number of benzene rings is 1. The van der Waals surface area contributed by atoms with Gasteiger partial charge in [0.1, 0.15) is 17.8 Å². The molecule has 0 atom stereocenters. The average Bonchev–Trinajstić information content (AvgIpc) is 2.66. The first-order chi connectivity index (χ1) is 13.4. The summed E-state index contributed by atoms with van der Waals surface area (Å²) in [6.45, 7) is 4.68. The van der Waals surface area contributed by atoms with Crippen LogP contribution in [-0.4, -0.2) is 35.1 Å². The van der Waals surface area contributed by atoms with Gasteiger partial charge in [-0.2, -0.15) is 0 Å². The van der Waals surface area contributed by atoms with Crippen molar-refractivity contribution in [2.75, 3.05) is 18.5 Å². The van der Waals surface area contributed by atoms with Crippen molar-refractivity contribution in [1.29, 1.82) is 0 Å². The molecule has 148 valence electrons. The molecule has 1 aromatic carbocycles. The van der Waals surface area contributed by atoms with Crippen LogP contribution in [0.5, 0.6) is 5.75 Å². The fraction of sp³-hybridized carbons (Fsp3) is 0.300. The highest BCUT2D eigenvalue weighted by Gasteiger charge is 2.05. The van der Waals surface area contributed by atoms with E-state index in [2.05, 4.69) is 10.3 Å². The molecule has 1 N–H and O–H groups in total. The number of carbonyl (C=O) groups is 1. The zero-order chi connectivity index (χ0) is 20.4. The van der Waals surface area contributed by atoms with Crippen LogP contribution in [0.2, 0.25) is 0 Å². The number of rotatable bonds is 10. The molecule has 0 radical (unpaired) electrons. The Kier molecular flexibility index (Phi) is 7.95. The molecule has 0 amide bonds. The molecule has 0 unspecified atom stereocenters. The molecular weight excluding hydrogens is 362 g/mol. The molecule has 0 aliphatic carbocycles. The molecule has 0 bridgehead atoms. The Balaban J connectivity index is 1.68. The van der Waals surface area contributed by atoms with Crippen molar-refractivity contribution in [1.82, 2.24) is 4.98 Å². The number of hydrogen-bond acceptors (Lipinski definition) is 7. The summed E-state index contributed by atoms with van der Waals surface area (Å²) in [5.74, 6) is 0.848. The number of carbonyl (C=O) groups excluding carboxylic acids is 1. The zero-order valence-electron chi connectivity index (χ0n) is 15.8. The molecule has 1 heterocycles. The fourth-order valence-electron chi connectivity index (χ4n) is 2.24. The van der Waals surface area contributed by atoms with Crippen molar-refractivity contribution in [3.63, 3.8) is 0 Å². The van der Waals surface area contributed by atoms with Crippen LogP contribution in [0, 0.1) is 10.1 Å². The summed E-state index contributed by atoms with van der Waals surface area (Å²) in [6.07, 6.45) is 4.90. The van der Waals surface area contributed by atoms with E-state index in [4.69, 9.17) is 9.47 Å². The monoisotopic (exact) mass is 385 g/mol. The third-order valence-corrected chi connectivity index (χ3v) is 3.47. The van der Waals surface area contributed by atoms with E-state index in [0.29, 0.717) is 18.8 Å². The summed E-state index contributed by atoms with van der Waals surface area (Å²) in [5.41, 5.74) is 0.786. The smallest absolute Gasteiger partial charge is 0.330 e. The Hall–Kier alpha value is -3.42. The zero-order valence-corrected chi connectivity index (χ0v) is 15.8. The van der Waals surface area contributed by atoms with Gasteiger partial charge in [-0.05, 0) is 50.1 Å². The Labute approximate surface area is 163 Å². The number of nitrogens with one attached hydrogen (secondary N) is 1. The van der Waals surface area contributed by atoms with Crippen LogP contribution in [-0.2, 0) is 9.53 Å². The van der Waals surface area contributed by atoms with Crippen LogP contribution in [0.15, 0.2) is 48.7 Å². The molecule has 0 fully saturated rings. The molecule has 8 heteroatoms. The van der Waals surface area contributed by atoms with E-state index >= 15 is 0 Å². The Morgan fingerprint density at radius 2 is 2.14 bits per heavy atom. The molecule has 0 aliphatic heterocycles. The summed E-state index contributed by atoms with van der Waals surface area (Å²) in [5, 5.41) is 13.6. The van der Waals surface area contributed by atoms with E-state index in [0.717, 1.165) is 11.3 Å². The molecule has 2 aromatic rings. The van der Waals surface area contributed by atoms with Gasteiger partial charge in [-0.3, -0.25) is 10.1 Å². The normalized spacial score (nSPS) is 10.8. The second-order valence-corrected chi connectivity index (χ2v) is 6.18. The van der Waals surface area contributed by atoms with E-state index in [1.165, 1.54) is 24.4 Å². The molecular formula is C20H23N3O5. The highest BCUT2D eigenvalue weighted by atomic mass is 16.6. The molecule has 0 saturated heterocycles. The molecule has 0 saturated carbocycles. The van der Waals surface area contributed by atoms with Gasteiger partial charge in [0, 0.05) is 18.7 Å². The first-order valence-electron chi connectivity index (χ1n) is 8.90. The van der Waals surface area contributed by atoms with Gasteiger partial charge in [0.05, 0.1) is 17.6 Å². The van der Waals surface area contributed by atoms with E-state index in [-0.39, 0.29) is 18.4 Å². The average molecular weight is 385 g/mol. The van der Waals surface area contributed by atoms with Crippen molar-refractivity contribution >= 4 is 23.6 Å². The lowest BCUT2D eigenvalue weighted by Crippen LogP contribution is -2.09. The molecule has 1 aromatic heterocycles. The lowest BCUT2D eigenvalue weighted by molar-refractivity contribution is -0.385. The first-order valence-corrected chi connectivity index (χ1v) is 8.90. The number of nitro groups is 1. The summed E-state index contributed by atoms with van der Waals surface area (Å²) >= 11 is 0. The molecule has 28 heavy (non-hydrogen) atoms. The van der Waals surface area contributed by atoms with Crippen LogP contribution in [0.3, 0.4) is 0 Å². The minimum Gasteiger partial charge on any atom is -0.491 e. The summed E-state index contributed by atoms with van der Waals surface area (Å²) < 4.78 is 10.8. The Bertz CT molecular complexity index is 819. The van der Waals surface area contributed by atoms with Crippen LogP contribution < -0.4 is 10.1 Å². The number of hydrogen-bond donors (Lipinski definition) is 1. The highest BCUT2D eigenvalue weighted by Crippen LogP contribution is 2.16. The van der Waals surface area contributed by atoms with Gasteiger partial charge in [0.15, 0.2) is 0 Å². The van der Waals surface area contributed by atoms with Crippen LogP contribution >= 0.6 is 0 Å². The Morgan fingerprint density at radius 3 is 2.82 bits per heavy atom. The lowest BCUT2D eigenvalue weighted by atomic mass is 10.2. The minimum atomic E-state index is -0.503. The molecule has 0 aliphatic rings. The maximum Gasteiger partial charge on any atom is 0.330 e. The van der Waals surface area contributed by atoms with Crippen LogP contribution in [0.4, 0.5) is 11.5 Å². The number of nitrogens with zero attached hydrogens (tertiary/aromatic N) is 2. The lowest BCUT2D eigenvalue weighted by Gasteiger charge is -2.09. The number of anilines is 1. The summed E-state index contributed by atoms with van der Waals surface area (Å²) in [6, 6.07) is 10.4. The van der Waals surface area contributed by atoms with Crippen molar-refractivity contribution in [2.45, 2.75) is 26.4 Å². The molecule has 0 spiro atoms. The van der Waals surface area contributed by atoms with Crippen molar-refractivity contribution in [2.24, 2.45) is 0 Å². The number of esters is 1. The SMILES string of the molecule is CC(C)Oc1cccc(/C=C/C(=O)OCCCNc2ccc([N+](=O)[O-])cn2)c1. The van der Waals surface area contributed by atoms with Gasteiger partial charge in [0.2, 0.25) is 0 Å². The Morgan fingerprint density at radius 1 is 1.32 bits per heavy atom. The summed E-state index contributed by atoms with van der Waals surface area (Å²) in [4.78, 5) is 25.8. The van der Waals surface area contributed by atoms with Crippen LogP contribution in [0.1, 0.15) is 25.8 Å². The van der Waals surface area contributed by atoms with Crippen LogP contribution in [0.25, 0.3) is 6.08 Å². The van der Waals surface area contributed by atoms with E-state index in [1.807, 2.05) is 38.1 Å². The predicted molar refractivity (Wildman–Crippen MR) is 106 cm³/mol. The van der Waals surface area contributed by atoms with Crippen molar-refractivity contribution in [3.05, 3.63) is 64.3 Å². The fourth-order valence-corrected chi connectivity index (χ4v) is 2.24. The van der Waals surface area contributed by atoms with E-state index < -0.39 is 10.9 Å². The highest BCUT2D eigenvalue weighted by molar-refractivity contribution is 5.87. The maximum absolute atomic E-state index is 11.8. The number of aromatic nitrogens is 1. The van der Waals surface area contributed by atoms with Gasteiger partial charge in [-0.15, -0.1) is 0 Å². The van der Waals surface area contributed by atoms with Crippen molar-refractivity contribution < 1.29 is 19.2 Å². The molecule has 8 nitrogen and oxygen atoms in total. The number of pyridine rings is 1. The maximum atomic E-state index is 11.8. The van der Waals surface area contributed by atoms with Gasteiger partial charge >= 0.3 is 5.97 Å². The van der Waals surface area contributed by atoms with Gasteiger partial charge < -0.3 is 14.8 Å². The second kappa shape index (κ2) is 10.7. The third kappa shape index (κ3) is 7.45. The van der Waals surface area contributed by atoms with E-state index in [1.54, 1.807) is 6.08 Å². The second-order valence-electron chi connectivity index (χ2n) is 6.18.